The molecule has 0 saturated heterocycles. The van der Waals surface area contributed by atoms with Crippen molar-refractivity contribution in [2.24, 2.45) is 5.73 Å². The van der Waals surface area contributed by atoms with Crippen LogP contribution in [0.4, 0.5) is 5.69 Å². The zero-order chi connectivity index (χ0) is 18.4. The minimum absolute atomic E-state index is 0.000802. The number of aryl methyl sites for hydroxylation is 1. The third-order valence-electron chi connectivity index (χ3n) is 3.51. The lowest BCUT2D eigenvalue weighted by molar-refractivity contribution is -0.387. The number of carbonyl (C=O) groups excluding carboxylic acids is 1. The average Bonchev–Trinajstić information content (AvgIpc) is 2.58. The molecule has 0 aliphatic rings. The number of nitrogens with two attached hydrogens (primary N) is 1. The van der Waals surface area contributed by atoms with Gasteiger partial charge in [0.05, 0.1) is 16.4 Å². The van der Waals surface area contributed by atoms with E-state index in [0.29, 0.717) is 10.5 Å². The second-order valence-corrected chi connectivity index (χ2v) is 6.65. The molecule has 0 amide bonds. The number of nitro groups is 1. The van der Waals surface area contributed by atoms with Gasteiger partial charge in [-0.2, -0.15) is 0 Å². The van der Waals surface area contributed by atoms with Crippen molar-refractivity contribution in [3.05, 3.63) is 63.7 Å². The summed E-state index contributed by atoms with van der Waals surface area (Å²) in [5.74, 6) is -0.511. The molecule has 0 bridgehead atoms. The summed E-state index contributed by atoms with van der Waals surface area (Å²) < 4.78 is 4.86. The van der Waals surface area contributed by atoms with Crippen molar-refractivity contribution in [3.8, 4) is 0 Å². The topological polar surface area (TPSA) is 95.5 Å². The largest absolute Gasteiger partial charge is 0.465 e. The highest BCUT2D eigenvalue weighted by atomic mass is 32.2. The molecule has 25 heavy (non-hydrogen) atoms. The molecule has 2 aromatic carbocycles. The van der Waals surface area contributed by atoms with E-state index >= 15 is 0 Å². The van der Waals surface area contributed by atoms with Gasteiger partial charge in [-0.1, -0.05) is 35.5 Å². The van der Waals surface area contributed by atoms with Crippen LogP contribution in [-0.2, 0) is 16.0 Å². The first-order valence-corrected chi connectivity index (χ1v) is 8.66. The molecule has 0 spiro atoms. The maximum absolute atomic E-state index is 11.6. The molecular weight excluding hydrogens is 340 g/mol. The Kier molecular flexibility index (Phi) is 6.55. The lowest BCUT2D eigenvalue weighted by atomic mass is 10.1. The lowest BCUT2D eigenvalue weighted by Crippen LogP contribution is -2.34. The number of esters is 1. The van der Waals surface area contributed by atoms with Gasteiger partial charge in [-0.25, -0.2) is 0 Å². The first-order valence-electron chi connectivity index (χ1n) is 7.84. The van der Waals surface area contributed by atoms with E-state index in [-0.39, 0.29) is 18.7 Å². The van der Waals surface area contributed by atoms with E-state index in [4.69, 9.17) is 10.5 Å². The van der Waals surface area contributed by atoms with Crippen LogP contribution in [0.3, 0.4) is 0 Å². The minimum atomic E-state index is -0.838. The van der Waals surface area contributed by atoms with Crippen LogP contribution >= 0.6 is 11.8 Å². The second-order valence-electron chi connectivity index (χ2n) is 5.54. The quantitative estimate of drug-likeness (QED) is 0.461. The maximum atomic E-state index is 11.6. The Labute approximate surface area is 150 Å². The molecule has 0 saturated carbocycles. The smallest absolute Gasteiger partial charge is 0.323 e. The number of carbonyl (C=O) groups is 1. The molecule has 0 radical (unpaired) electrons. The third-order valence-corrected chi connectivity index (χ3v) is 4.59. The van der Waals surface area contributed by atoms with Gasteiger partial charge in [0.25, 0.3) is 5.69 Å². The molecule has 0 aliphatic carbocycles. The normalized spacial score (nSPS) is 11.8. The number of ether oxygens (including phenoxy) is 1. The third kappa shape index (κ3) is 5.30. The van der Waals surface area contributed by atoms with Crippen LogP contribution in [0, 0.1) is 17.0 Å². The molecule has 1 atom stereocenters. The predicted molar refractivity (Wildman–Crippen MR) is 96.7 cm³/mol. The Hall–Kier alpha value is -2.38. The maximum Gasteiger partial charge on any atom is 0.323 e. The number of hydrogen-bond donors (Lipinski definition) is 1. The van der Waals surface area contributed by atoms with Gasteiger partial charge in [0.15, 0.2) is 0 Å². The van der Waals surface area contributed by atoms with Gasteiger partial charge in [0.1, 0.15) is 6.04 Å². The Bertz CT molecular complexity index is 762. The van der Waals surface area contributed by atoms with Gasteiger partial charge in [-0.3, -0.25) is 14.9 Å². The number of hydrogen-bond acceptors (Lipinski definition) is 6. The van der Waals surface area contributed by atoms with E-state index in [2.05, 4.69) is 0 Å². The molecule has 132 valence electrons. The van der Waals surface area contributed by atoms with Gasteiger partial charge < -0.3 is 10.5 Å². The first kappa shape index (κ1) is 19.0. The van der Waals surface area contributed by atoms with E-state index in [0.717, 1.165) is 10.5 Å². The molecule has 1 unspecified atom stereocenters. The van der Waals surface area contributed by atoms with Gasteiger partial charge >= 0.3 is 5.97 Å². The highest BCUT2D eigenvalue weighted by molar-refractivity contribution is 7.99. The average molecular weight is 360 g/mol. The van der Waals surface area contributed by atoms with Crippen molar-refractivity contribution in [2.45, 2.75) is 36.1 Å². The molecular formula is C18H20N2O4S. The van der Waals surface area contributed by atoms with Crippen LogP contribution < -0.4 is 5.73 Å². The SMILES string of the molecule is CCOC(=O)C(N)Cc1ccc(Sc2ccc(C)cc2)c([N+](=O)[O-])c1. The molecule has 2 aromatic rings. The number of nitro benzene ring substituents is 1. The molecule has 0 aromatic heterocycles. The van der Waals surface area contributed by atoms with Crippen LogP contribution in [0.25, 0.3) is 0 Å². The molecule has 2 N–H and O–H groups in total. The molecule has 2 rings (SSSR count). The summed E-state index contributed by atoms with van der Waals surface area (Å²) in [5, 5.41) is 11.4. The number of benzene rings is 2. The Morgan fingerprint density at radius 2 is 1.96 bits per heavy atom. The van der Waals surface area contributed by atoms with Gasteiger partial charge in [-0.15, -0.1) is 0 Å². The highest BCUT2D eigenvalue weighted by Gasteiger charge is 2.20. The summed E-state index contributed by atoms with van der Waals surface area (Å²) >= 11 is 1.33. The summed E-state index contributed by atoms with van der Waals surface area (Å²) in [6, 6.07) is 11.8. The van der Waals surface area contributed by atoms with Crippen LogP contribution in [0.2, 0.25) is 0 Å². The van der Waals surface area contributed by atoms with E-state index in [1.165, 1.54) is 17.8 Å². The van der Waals surface area contributed by atoms with Gasteiger partial charge in [0.2, 0.25) is 0 Å². The standard InChI is InChI=1S/C18H20N2O4S/c1-3-24-18(21)15(19)10-13-6-9-17(16(11-13)20(22)23)25-14-7-4-12(2)5-8-14/h4-9,11,15H,3,10,19H2,1-2H3. The summed E-state index contributed by atoms with van der Waals surface area (Å²) in [6.07, 6.45) is 0.190. The Morgan fingerprint density at radius 1 is 1.28 bits per heavy atom. The molecule has 0 aliphatic heterocycles. The predicted octanol–water partition coefficient (Wildman–Crippen LogP) is 3.49. The first-order chi connectivity index (χ1) is 11.9. The second kappa shape index (κ2) is 8.64. The number of rotatable bonds is 7. The highest BCUT2D eigenvalue weighted by Crippen LogP contribution is 2.35. The molecule has 7 heteroatoms. The van der Waals surface area contributed by atoms with Crippen LogP contribution in [0.15, 0.2) is 52.3 Å². The van der Waals surface area contributed by atoms with Crippen molar-refractivity contribution in [2.75, 3.05) is 6.61 Å². The summed E-state index contributed by atoms with van der Waals surface area (Å²) in [7, 11) is 0. The van der Waals surface area contributed by atoms with Crippen LogP contribution in [0.1, 0.15) is 18.1 Å². The van der Waals surface area contributed by atoms with Crippen LogP contribution in [0.5, 0.6) is 0 Å². The Morgan fingerprint density at radius 3 is 2.56 bits per heavy atom. The molecule has 0 heterocycles. The summed E-state index contributed by atoms with van der Waals surface area (Å²) in [5.41, 5.74) is 7.54. The zero-order valence-corrected chi connectivity index (χ0v) is 14.9. The van der Waals surface area contributed by atoms with Gasteiger partial charge in [0, 0.05) is 11.0 Å². The van der Waals surface area contributed by atoms with E-state index in [1.807, 2.05) is 31.2 Å². The van der Waals surface area contributed by atoms with Crippen molar-refractivity contribution >= 4 is 23.4 Å². The van der Waals surface area contributed by atoms with Crippen molar-refractivity contribution in [3.63, 3.8) is 0 Å². The van der Waals surface area contributed by atoms with Crippen molar-refractivity contribution < 1.29 is 14.5 Å². The summed E-state index contributed by atoms with van der Waals surface area (Å²) in [6.45, 7) is 3.93. The summed E-state index contributed by atoms with van der Waals surface area (Å²) in [4.78, 5) is 24.1. The Balaban J connectivity index is 2.21. The monoisotopic (exact) mass is 360 g/mol. The minimum Gasteiger partial charge on any atom is -0.465 e. The van der Waals surface area contributed by atoms with E-state index in [1.54, 1.807) is 19.1 Å². The fourth-order valence-corrected chi connectivity index (χ4v) is 3.14. The zero-order valence-electron chi connectivity index (χ0n) is 14.1. The van der Waals surface area contributed by atoms with Gasteiger partial charge in [-0.05, 0) is 44.0 Å². The molecule has 6 nitrogen and oxygen atoms in total. The number of nitrogens with zero attached hydrogens (tertiary/aromatic N) is 1. The molecule has 0 fully saturated rings. The van der Waals surface area contributed by atoms with E-state index < -0.39 is 16.9 Å². The van der Waals surface area contributed by atoms with Crippen molar-refractivity contribution in [1.82, 2.24) is 0 Å². The fraction of sp³-hybridized carbons (Fsp3) is 0.278. The van der Waals surface area contributed by atoms with Crippen molar-refractivity contribution in [1.29, 1.82) is 0 Å². The van der Waals surface area contributed by atoms with Crippen LogP contribution in [-0.4, -0.2) is 23.5 Å². The van der Waals surface area contributed by atoms with E-state index in [9.17, 15) is 14.9 Å². The lowest BCUT2D eigenvalue weighted by Gasteiger charge is -2.11. The fourth-order valence-electron chi connectivity index (χ4n) is 2.24.